The van der Waals surface area contributed by atoms with Gasteiger partial charge in [0.1, 0.15) is 5.82 Å². The number of hydrogen-bond donors (Lipinski definition) is 1. The number of anilines is 1. The van der Waals surface area contributed by atoms with Gasteiger partial charge in [0.25, 0.3) is 5.22 Å². The molecule has 0 aliphatic heterocycles. The third kappa shape index (κ3) is 5.54. The quantitative estimate of drug-likeness (QED) is 0.402. The molecule has 0 aliphatic rings. The maximum absolute atomic E-state index is 13.2. The number of carbonyl (C=O) groups is 1. The highest BCUT2D eigenvalue weighted by Crippen LogP contribution is 2.25. The van der Waals surface area contributed by atoms with E-state index in [9.17, 15) is 9.18 Å². The van der Waals surface area contributed by atoms with Crippen LogP contribution >= 0.6 is 11.8 Å². The minimum atomic E-state index is -0.344. The van der Waals surface area contributed by atoms with Crippen LogP contribution in [0.4, 0.5) is 10.1 Å². The molecule has 0 fully saturated rings. The van der Waals surface area contributed by atoms with E-state index < -0.39 is 0 Å². The van der Waals surface area contributed by atoms with Gasteiger partial charge in [-0.25, -0.2) is 4.39 Å². The first-order valence-electron chi connectivity index (χ1n) is 9.46. The molecule has 1 amide bonds. The first-order valence-corrected chi connectivity index (χ1v) is 10.4. The Balaban J connectivity index is 1.26. The standard InChI is InChI=1S/C21H18FN5O3S/c1-13-11-15(22)7-8-16(13)23-18(28)9-10-19-24-17(27-30-19)12-31-21-26-25-20(29-21)14-5-3-2-4-6-14/h2-8,11H,9-10,12H2,1H3,(H,23,28). The summed E-state index contributed by atoms with van der Waals surface area (Å²) in [6, 6.07) is 13.7. The van der Waals surface area contributed by atoms with E-state index in [4.69, 9.17) is 8.94 Å². The molecule has 1 N–H and O–H groups in total. The van der Waals surface area contributed by atoms with Crippen LogP contribution in [-0.2, 0) is 17.0 Å². The summed E-state index contributed by atoms with van der Waals surface area (Å²) in [5.74, 6) is 1.10. The lowest BCUT2D eigenvalue weighted by molar-refractivity contribution is -0.116. The zero-order valence-corrected chi connectivity index (χ0v) is 17.4. The summed E-state index contributed by atoms with van der Waals surface area (Å²) in [6.07, 6.45) is 0.456. The molecule has 4 aromatic rings. The smallest absolute Gasteiger partial charge is 0.277 e. The van der Waals surface area contributed by atoms with Crippen LogP contribution in [0.3, 0.4) is 0 Å². The van der Waals surface area contributed by atoms with Gasteiger partial charge >= 0.3 is 0 Å². The number of hydrogen-bond acceptors (Lipinski definition) is 8. The summed E-state index contributed by atoms with van der Waals surface area (Å²) < 4.78 is 24.0. The van der Waals surface area contributed by atoms with Crippen molar-refractivity contribution in [2.45, 2.75) is 30.7 Å². The zero-order valence-electron chi connectivity index (χ0n) is 16.5. The van der Waals surface area contributed by atoms with Crippen molar-refractivity contribution in [2.24, 2.45) is 0 Å². The second-order valence-electron chi connectivity index (χ2n) is 6.64. The molecule has 0 radical (unpaired) electrons. The van der Waals surface area contributed by atoms with E-state index in [0.29, 0.717) is 46.3 Å². The third-order valence-corrected chi connectivity index (χ3v) is 5.11. The van der Waals surface area contributed by atoms with Crippen molar-refractivity contribution in [2.75, 3.05) is 5.32 Å². The molecular weight excluding hydrogens is 421 g/mol. The first-order chi connectivity index (χ1) is 15.1. The van der Waals surface area contributed by atoms with Crippen LogP contribution in [0.15, 0.2) is 62.7 Å². The van der Waals surface area contributed by atoms with Crippen molar-refractivity contribution in [1.82, 2.24) is 20.3 Å². The fraction of sp³-hybridized carbons (Fsp3) is 0.190. The molecule has 0 atom stereocenters. The number of benzene rings is 2. The number of nitrogens with one attached hydrogen (secondary N) is 1. The van der Waals surface area contributed by atoms with Crippen LogP contribution in [0.5, 0.6) is 0 Å². The van der Waals surface area contributed by atoms with Crippen LogP contribution in [0.2, 0.25) is 0 Å². The fourth-order valence-corrected chi connectivity index (χ4v) is 3.35. The average molecular weight is 439 g/mol. The number of aryl methyl sites for hydroxylation is 2. The lowest BCUT2D eigenvalue weighted by Gasteiger charge is -2.07. The zero-order chi connectivity index (χ0) is 21.6. The molecule has 158 valence electrons. The Hall–Kier alpha value is -3.53. The van der Waals surface area contributed by atoms with Gasteiger partial charge in [0.2, 0.25) is 17.7 Å². The predicted octanol–water partition coefficient (Wildman–Crippen LogP) is 4.43. The second kappa shape index (κ2) is 9.52. The molecule has 2 aromatic heterocycles. The molecule has 0 saturated carbocycles. The molecule has 10 heteroatoms. The second-order valence-corrected chi connectivity index (χ2v) is 7.57. The lowest BCUT2D eigenvalue weighted by atomic mass is 10.2. The molecule has 8 nitrogen and oxygen atoms in total. The van der Waals surface area contributed by atoms with E-state index in [-0.39, 0.29) is 18.1 Å². The third-order valence-electron chi connectivity index (χ3n) is 4.29. The number of aromatic nitrogens is 4. The van der Waals surface area contributed by atoms with Gasteiger partial charge in [-0.05, 0) is 42.8 Å². The summed E-state index contributed by atoms with van der Waals surface area (Å²) in [7, 11) is 0. The van der Waals surface area contributed by atoms with Gasteiger partial charge in [-0.15, -0.1) is 10.2 Å². The Morgan fingerprint density at radius 3 is 2.81 bits per heavy atom. The predicted molar refractivity (Wildman–Crippen MR) is 112 cm³/mol. The molecule has 31 heavy (non-hydrogen) atoms. The van der Waals surface area contributed by atoms with E-state index in [0.717, 1.165) is 5.56 Å². The number of amides is 1. The number of nitrogens with zero attached hydrogens (tertiary/aromatic N) is 4. The van der Waals surface area contributed by atoms with E-state index in [1.807, 2.05) is 30.3 Å². The van der Waals surface area contributed by atoms with Crippen molar-refractivity contribution >= 4 is 23.4 Å². The molecular formula is C21H18FN5O3S. The molecule has 0 bridgehead atoms. The Morgan fingerprint density at radius 2 is 2.00 bits per heavy atom. The lowest BCUT2D eigenvalue weighted by Crippen LogP contribution is -2.13. The summed E-state index contributed by atoms with van der Waals surface area (Å²) >= 11 is 1.30. The van der Waals surface area contributed by atoms with Crippen molar-refractivity contribution in [3.63, 3.8) is 0 Å². The van der Waals surface area contributed by atoms with E-state index >= 15 is 0 Å². The summed E-state index contributed by atoms with van der Waals surface area (Å²) in [4.78, 5) is 16.4. The highest BCUT2D eigenvalue weighted by Gasteiger charge is 2.13. The number of halogens is 1. The molecule has 0 aliphatic carbocycles. The topological polar surface area (TPSA) is 107 Å². The van der Waals surface area contributed by atoms with Gasteiger partial charge in [0.05, 0.1) is 5.75 Å². The van der Waals surface area contributed by atoms with E-state index in [1.165, 1.54) is 30.0 Å². The van der Waals surface area contributed by atoms with E-state index in [2.05, 4.69) is 25.7 Å². The fourth-order valence-electron chi connectivity index (χ4n) is 2.74. The Bertz CT molecular complexity index is 1180. The maximum Gasteiger partial charge on any atom is 0.277 e. The SMILES string of the molecule is Cc1cc(F)ccc1NC(=O)CCc1nc(CSc2nnc(-c3ccccc3)o2)no1. The maximum atomic E-state index is 13.2. The van der Waals surface area contributed by atoms with Crippen LogP contribution in [0, 0.1) is 12.7 Å². The number of carbonyl (C=O) groups excluding carboxylic acids is 1. The minimum Gasteiger partial charge on any atom is -0.411 e. The van der Waals surface area contributed by atoms with E-state index in [1.54, 1.807) is 6.92 Å². The Kier molecular flexibility index (Phi) is 6.37. The highest BCUT2D eigenvalue weighted by atomic mass is 32.2. The van der Waals surface area contributed by atoms with Crippen LogP contribution in [0.25, 0.3) is 11.5 Å². The van der Waals surface area contributed by atoms with Crippen molar-refractivity contribution < 1.29 is 18.1 Å². The first kappa shape index (κ1) is 20.7. The van der Waals surface area contributed by atoms with Crippen molar-refractivity contribution in [3.8, 4) is 11.5 Å². The molecule has 2 aromatic carbocycles. The molecule has 4 rings (SSSR count). The van der Waals surface area contributed by atoms with Crippen molar-refractivity contribution in [1.29, 1.82) is 0 Å². The van der Waals surface area contributed by atoms with Gasteiger partial charge in [-0.2, -0.15) is 4.98 Å². The minimum absolute atomic E-state index is 0.162. The summed E-state index contributed by atoms with van der Waals surface area (Å²) in [6.45, 7) is 1.73. The normalized spacial score (nSPS) is 10.9. The van der Waals surface area contributed by atoms with Gasteiger partial charge in [-0.1, -0.05) is 35.1 Å². The van der Waals surface area contributed by atoms with Crippen LogP contribution in [-0.4, -0.2) is 26.2 Å². The Morgan fingerprint density at radius 1 is 1.16 bits per heavy atom. The van der Waals surface area contributed by atoms with Crippen LogP contribution < -0.4 is 5.32 Å². The molecule has 0 spiro atoms. The highest BCUT2D eigenvalue weighted by molar-refractivity contribution is 7.98. The molecule has 0 unspecified atom stereocenters. The van der Waals surface area contributed by atoms with Gasteiger partial charge in [0, 0.05) is 24.1 Å². The molecule has 2 heterocycles. The number of rotatable bonds is 8. The summed E-state index contributed by atoms with van der Waals surface area (Å²) in [5, 5.41) is 15.1. The number of thioether (sulfide) groups is 1. The monoisotopic (exact) mass is 439 g/mol. The molecule has 0 saturated heterocycles. The van der Waals surface area contributed by atoms with Crippen LogP contribution in [0.1, 0.15) is 23.7 Å². The average Bonchev–Trinajstić information content (AvgIpc) is 3.43. The largest absolute Gasteiger partial charge is 0.411 e. The van der Waals surface area contributed by atoms with Gasteiger partial charge in [-0.3, -0.25) is 4.79 Å². The van der Waals surface area contributed by atoms with Gasteiger partial charge < -0.3 is 14.3 Å². The Labute approximate surface area is 181 Å². The summed E-state index contributed by atoms with van der Waals surface area (Å²) in [5.41, 5.74) is 2.07. The van der Waals surface area contributed by atoms with Gasteiger partial charge in [0.15, 0.2) is 5.82 Å². The van der Waals surface area contributed by atoms with Crippen molar-refractivity contribution in [3.05, 3.63) is 71.6 Å².